The standard InChI is InChI=1S/C8H17NOS/c1-2-5-9-8-3-6-11(10)7-4-8/h8-9H,2-7H2,1H3. The van der Waals surface area contributed by atoms with Crippen molar-refractivity contribution in [3.8, 4) is 0 Å². The summed E-state index contributed by atoms with van der Waals surface area (Å²) in [6.07, 6.45) is 3.40. The van der Waals surface area contributed by atoms with Crippen LogP contribution in [0.15, 0.2) is 0 Å². The van der Waals surface area contributed by atoms with Crippen LogP contribution in [-0.2, 0) is 10.8 Å². The van der Waals surface area contributed by atoms with Crippen LogP contribution in [0.1, 0.15) is 26.2 Å². The highest BCUT2D eigenvalue weighted by Gasteiger charge is 2.16. The molecule has 0 aliphatic carbocycles. The third-order valence-corrected chi connectivity index (χ3v) is 3.45. The zero-order chi connectivity index (χ0) is 8.10. The molecule has 3 heteroatoms. The van der Waals surface area contributed by atoms with Crippen LogP contribution in [0.3, 0.4) is 0 Å². The van der Waals surface area contributed by atoms with Crippen molar-refractivity contribution >= 4 is 10.8 Å². The van der Waals surface area contributed by atoms with E-state index in [9.17, 15) is 4.21 Å². The SMILES string of the molecule is CCCNC1CCS(=O)CC1. The molecule has 0 aromatic carbocycles. The van der Waals surface area contributed by atoms with Gasteiger partial charge in [-0.1, -0.05) is 6.92 Å². The van der Waals surface area contributed by atoms with Crippen LogP contribution in [0.2, 0.25) is 0 Å². The second kappa shape index (κ2) is 4.88. The van der Waals surface area contributed by atoms with E-state index >= 15 is 0 Å². The van der Waals surface area contributed by atoms with Gasteiger partial charge in [0.25, 0.3) is 0 Å². The fourth-order valence-electron chi connectivity index (χ4n) is 1.35. The van der Waals surface area contributed by atoms with Crippen molar-refractivity contribution in [2.24, 2.45) is 0 Å². The molecule has 1 rings (SSSR count). The Balaban J connectivity index is 2.12. The van der Waals surface area contributed by atoms with E-state index in [1.165, 1.54) is 6.42 Å². The number of rotatable bonds is 3. The van der Waals surface area contributed by atoms with E-state index in [1.54, 1.807) is 0 Å². The summed E-state index contributed by atoms with van der Waals surface area (Å²) in [4.78, 5) is 0. The van der Waals surface area contributed by atoms with Crippen LogP contribution in [0, 0.1) is 0 Å². The molecule has 1 fully saturated rings. The average molecular weight is 175 g/mol. The predicted octanol–water partition coefficient (Wildman–Crippen LogP) is 0.897. The van der Waals surface area contributed by atoms with E-state index in [1.807, 2.05) is 0 Å². The zero-order valence-electron chi connectivity index (χ0n) is 7.14. The summed E-state index contributed by atoms with van der Waals surface area (Å²) in [5, 5.41) is 3.46. The summed E-state index contributed by atoms with van der Waals surface area (Å²) in [6, 6.07) is 0.646. The minimum atomic E-state index is -0.506. The van der Waals surface area contributed by atoms with E-state index in [2.05, 4.69) is 12.2 Å². The van der Waals surface area contributed by atoms with Crippen molar-refractivity contribution in [3.63, 3.8) is 0 Å². The number of hydrogen-bond donors (Lipinski definition) is 1. The summed E-state index contributed by atoms with van der Waals surface area (Å²) in [5.41, 5.74) is 0. The molecule has 0 saturated carbocycles. The zero-order valence-corrected chi connectivity index (χ0v) is 7.95. The van der Waals surface area contributed by atoms with Crippen molar-refractivity contribution < 1.29 is 4.21 Å². The molecular weight excluding hydrogens is 158 g/mol. The van der Waals surface area contributed by atoms with Crippen molar-refractivity contribution in [2.45, 2.75) is 32.2 Å². The molecule has 1 aliphatic rings. The average Bonchev–Trinajstić information content (AvgIpc) is 2.04. The molecule has 1 heterocycles. The Kier molecular flexibility index (Phi) is 4.08. The first kappa shape index (κ1) is 9.20. The maximum absolute atomic E-state index is 11.0. The van der Waals surface area contributed by atoms with Gasteiger partial charge in [-0.3, -0.25) is 4.21 Å². The molecule has 0 aromatic rings. The van der Waals surface area contributed by atoms with E-state index in [-0.39, 0.29) is 0 Å². The van der Waals surface area contributed by atoms with Crippen LogP contribution < -0.4 is 5.32 Å². The van der Waals surface area contributed by atoms with Crippen molar-refractivity contribution in [2.75, 3.05) is 18.1 Å². The normalized spacial score (nSPS) is 32.1. The van der Waals surface area contributed by atoms with Gasteiger partial charge in [0.2, 0.25) is 0 Å². The molecule has 0 radical (unpaired) electrons. The van der Waals surface area contributed by atoms with Crippen LogP contribution in [0.25, 0.3) is 0 Å². The van der Waals surface area contributed by atoms with Crippen LogP contribution >= 0.6 is 0 Å². The molecule has 66 valence electrons. The van der Waals surface area contributed by atoms with Gasteiger partial charge in [0.05, 0.1) is 0 Å². The molecule has 1 aliphatic heterocycles. The molecule has 0 bridgehead atoms. The van der Waals surface area contributed by atoms with E-state index in [4.69, 9.17) is 0 Å². The Labute approximate surface area is 71.2 Å². The molecule has 0 atom stereocenters. The molecule has 0 aromatic heterocycles. The Morgan fingerprint density at radius 1 is 1.45 bits per heavy atom. The fraction of sp³-hybridized carbons (Fsp3) is 1.00. The Hall–Kier alpha value is 0.110. The quantitative estimate of drug-likeness (QED) is 0.690. The minimum Gasteiger partial charge on any atom is -0.314 e. The monoisotopic (exact) mass is 175 g/mol. The maximum atomic E-state index is 11.0. The lowest BCUT2D eigenvalue weighted by Crippen LogP contribution is -2.35. The first-order chi connectivity index (χ1) is 5.33. The summed E-state index contributed by atoms with van der Waals surface area (Å²) in [5.74, 6) is 1.81. The third-order valence-electron chi connectivity index (χ3n) is 2.07. The minimum absolute atomic E-state index is 0.506. The topological polar surface area (TPSA) is 29.1 Å². The Morgan fingerprint density at radius 3 is 2.64 bits per heavy atom. The highest BCUT2D eigenvalue weighted by Crippen LogP contribution is 2.08. The molecule has 0 amide bonds. The highest BCUT2D eigenvalue weighted by atomic mass is 32.2. The lowest BCUT2D eigenvalue weighted by atomic mass is 10.1. The van der Waals surface area contributed by atoms with Gasteiger partial charge in [-0.15, -0.1) is 0 Å². The number of nitrogens with one attached hydrogen (secondary N) is 1. The molecule has 0 spiro atoms. The summed E-state index contributed by atoms with van der Waals surface area (Å²) in [7, 11) is -0.506. The molecule has 2 nitrogen and oxygen atoms in total. The second-order valence-corrected chi connectivity index (χ2v) is 4.77. The molecule has 1 saturated heterocycles. The van der Waals surface area contributed by atoms with Gasteiger partial charge >= 0.3 is 0 Å². The first-order valence-corrected chi connectivity index (χ1v) is 5.90. The summed E-state index contributed by atoms with van der Waals surface area (Å²) in [6.45, 7) is 3.28. The Morgan fingerprint density at radius 2 is 2.09 bits per heavy atom. The smallest absolute Gasteiger partial charge is 0.0249 e. The fourth-order valence-corrected chi connectivity index (χ4v) is 2.65. The molecule has 0 unspecified atom stereocenters. The summed E-state index contributed by atoms with van der Waals surface area (Å²) < 4.78 is 11.0. The van der Waals surface area contributed by atoms with Crippen molar-refractivity contribution in [3.05, 3.63) is 0 Å². The van der Waals surface area contributed by atoms with E-state index < -0.39 is 10.8 Å². The molecular formula is C8H17NOS. The van der Waals surface area contributed by atoms with Gasteiger partial charge in [0.15, 0.2) is 0 Å². The first-order valence-electron chi connectivity index (χ1n) is 4.41. The lowest BCUT2D eigenvalue weighted by Gasteiger charge is -2.22. The number of hydrogen-bond acceptors (Lipinski definition) is 2. The third kappa shape index (κ3) is 3.34. The van der Waals surface area contributed by atoms with Gasteiger partial charge in [0.1, 0.15) is 0 Å². The molecule has 1 N–H and O–H groups in total. The van der Waals surface area contributed by atoms with E-state index in [0.717, 1.165) is 30.9 Å². The molecule has 11 heavy (non-hydrogen) atoms. The largest absolute Gasteiger partial charge is 0.314 e. The van der Waals surface area contributed by atoms with Crippen LogP contribution in [-0.4, -0.2) is 28.3 Å². The van der Waals surface area contributed by atoms with Gasteiger partial charge in [-0.2, -0.15) is 0 Å². The lowest BCUT2D eigenvalue weighted by molar-refractivity contribution is 0.476. The van der Waals surface area contributed by atoms with Crippen molar-refractivity contribution in [1.82, 2.24) is 5.32 Å². The van der Waals surface area contributed by atoms with E-state index in [0.29, 0.717) is 6.04 Å². The van der Waals surface area contributed by atoms with Gasteiger partial charge in [-0.05, 0) is 25.8 Å². The predicted molar refractivity (Wildman–Crippen MR) is 49.2 cm³/mol. The van der Waals surface area contributed by atoms with Gasteiger partial charge < -0.3 is 5.32 Å². The van der Waals surface area contributed by atoms with Crippen LogP contribution in [0.4, 0.5) is 0 Å². The highest BCUT2D eigenvalue weighted by molar-refractivity contribution is 7.85. The Bertz CT molecular complexity index is 128. The van der Waals surface area contributed by atoms with Gasteiger partial charge in [0, 0.05) is 28.3 Å². The van der Waals surface area contributed by atoms with Crippen LogP contribution in [0.5, 0.6) is 0 Å². The van der Waals surface area contributed by atoms with Gasteiger partial charge in [-0.25, -0.2) is 0 Å². The summed E-state index contributed by atoms with van der Waals surface area (Å²) >= 11 is 0. The maximum Gasteiger partial charge on any atom is 0.0249 e. The van der Waals surface area contributed by atoms with Crippen molar-refractivity contribution in [1.29, 1.82) is 0 Å². The second-order valence-electron chi connectivity index (χ2n) is 3.08.